The lowest BCUT2D eigenvalue weighted by molar-refractivity contribution is 0.0222. The van der Waals surface area contributed by atoms with Gasteiger partial charge in [-0.2, -0.15) is 5.10 Å². The van der Waals surface area contributed by atoms with Gasteiger partial charge in [0.05, 0.1) is 18.8 Å². The van der Waals surface area contributed by atoms with Crippen LogP contribution in [0.3, 0.4) is 0 Å². The quantitative estimate of drug-likeness (QED) is 0.816. The Labute approximate surface area is 151 Å². The van der Waals surface area contributed by atoms with Crippen molar-refractivity contribution in [3.63, 3.8) is 0 Å². The van der Waals surface area contributed by atoms with Crippen molar-refractivity contribution in [2.24, 2.45) is 12.0 Å². The number of thioether (sulfide) groups is 1. The van der Waals surface area contributed by atoms with Gasteiger partial charge in [-0.1, -0.05) is 11.8 Å². The van der Waals surface area contributed by atoms with Gasteiger partial charge in [-0.15, -0.1) is 0 Å². The molecule has 0 aromatic carbocycles. The van der Waals surface area contributed by atoms with Gasteiger partial charge in [-0.3, -0.25) is 19.8 Å². The third-order valence-electron chi connectivity index (χ3n) is 3.87. The van der Waals surface area contributed by atoms with Crippen molar-refractivity contribution in [3.8, 4) is 0 Å². The maximum absolute atomic E-state index is 12.7. The predicted octanol–water partition coefficient (Wildman–Crippen LogP) is 1.55. The van der Waals surface area contributed by atoms with Gasteiger partial charge in [-0.05, 0) is 20.8 Å². The molecule has 25 heavy (non-hydrogen) atoms. The SMILES string of the molecule is Cn1nc2c(c1C(=O)NC1=NCCS1)CN(C(=O)OC(C)(C)C)CC2. The first kappa shape index (κ1) is 17.8. The second kappa shape index (κ2) is 6.70. The van der Waals surface area contributed by atoms with Crippen molar-refractivity contribution in [3.05, 3.63) is 17.0 Å². The van der Waals surface area contributed by atoms with Crippen LogP contribution in [0.4, 0.5) is 4.79 Å². The number of fused-ring (bicyclic) bond motifs is 1. The van der Waals surface area contributed by atoms with E-state index in [1.54, 1.807) is 16.6 Å². The number of rotatable bonds is 1. The monoisotopic (exact) mass is 365 g/mol. The first-order valence-electron chi connectivity index (χ1n) is 8.26. The minimum atomic E-state index is -0.551. The van der Waals surface area contributed by atoms with E-state index in [0.717, 1.165) is 23.6 Å². The molecule has 1 N–H and O–H groups in total. The summed E-state index contributed by atoms with van der Waals surface area (Å²) in [5.74, 6) is 0.640. The molecule has 0 unspecified atom stereocenters. The van der Waals surface area contributed by atoms with Gasteiger partial charge >= 0.3 is 6.09 Å². The van der Waals surface area contributed by atoms with E-state index in [-0.39, 0.29) is 12.0 Å². The van der Waals surface area contributed by atoms with Gasteiger partial charge in [0, 0.05) is 31.3 Å². The summed E-state index contributed by atoms with van der Waals surface area (Å²) in [6, 6.07) is 0. The van der Waals surface area contributed by atoms with Crippen LogP contribution < -0.4 is 5.32 Å². The number of carbonyl (C=O) groups excluding carboxylic acids is 2. The number of aliphatic imine (C=N–C) groups is 1. The van der Waals surface area contributed by atoms with Crippen LogP contribution in [0.5, 0.6) is 0 Å². The van der Waals surface area contributed by atoms with Crippen molar-refractivity contribution in [2.45, 2.75) is 39.3 Å². The topological polar surface area (TPSA) is 88.8 Å². The lowest BCUT2D eigenvalue weighted by Crippen LogP contribution is -2.40. The zero-order valence-corrected chi connectivity index (χ0v) is 15.8. The first-order valence-corrected chi connectivity index (χ1v) is 9.24. The highest BCUT2D eigenvalue weighted by molar-refractivity contribution is 8.14. The van der Waals surface area contributed by atoms with E-state index in [9.17, 15) is 9.59 Å². The maximum atomic E-state index is 12.7. The molecule has 1 aromatic rings. The molecule has 2 amide bonds. The largest absolute Gasteiger partial charge is 0.444 e. The van der Waals surface area contributed by atoms with Gasteiger partial charge in [-0.25, -0.2) is 4.79 Å². The molecule has 0 bridgehead atoms. The highest BCUT2D eigenvalue weighted by Crippen LogP contribution is 2.24. The van der Waals surface area contributed by atoms with E-state index in [0.29, 0.717) is 30.4 Å². The lowest BCUT2D eigenvalue weighted by Gasteiger charge is -2.29. The highest BCUT2D eigenvalue weighted by atomic mass is 32.2. The van der Waals surface area contributed by atoms with Crippen LogP contribution in [0.15, 0.2) is 4.99 Å². The van der Waals surface area contributed by atoms with E-state index < -0.39 is 5.60 Å². The minimum Gasteiger partial charge on any atom is -0.444 e. The average molecular weight is 365 g/mol. The van der Waals surface area contributed by atoms with Crippen LogP contribution in [0, 0.1) is 0 Å². The van der Waals surface area contributed by atoms with Gasteiger partial charge in [0.1, 0.15) is 11.3 Å². The summed E-state index contributed by atoms with van der Waals surface area (Å²) >= 11 is 1.53. The van der Waals surface area contributed by atoms with Crippen LogP contribution in [0.25, 0.3) is 0 Å². The normalized spacial score (nSPS) is 17.1. The Hall–Kier alpha value is -2.03. The molecule has 136 valence electrons. The fraction of sp³-hybridized carbons (Fsp3) is 0.625. The highest BCUT2D eigenvalue weighted by Gasteiger charge is 2.31. The third kappa shape index (κ3) is 3.97. The smallest absolute Gasteiger partial charge is 0.410 e. The van der Waals surface area contributed by atoms with Crippen LogP contribution in [-0.2, 0) is 24.8 Å². The molecule has 0 spiro atoms. The summed E-state index contributed by atoms with van der Waals surface area (Å²) in [4.78, 5) is 30.9. The van der Waals surface area contributed by atoms with E-state index in [2.05, 4.69) is 15.4 Å². The number of amidine groups is 1. The maximum Gasteiger partial charge on any atom is 0.410 e. The number of aryl methyl sites for hydroxylation is 1. The molecule has 9 heteroatoms. The number of nitrogens with zero attached hydrogens (tertiary/aromatic N) is 4. The number of nitrogens with one attached hydrogen (secondary N) is 1. The molecule has 1 aromatic heterocycles. The predicted molar refractivity (Wildman–Crippen MR) is 95.8 cm³/mol. The zero-order chi connectivity index (χ0) is 18.2. The Bertz CT molecular complexity index is 735. The number of amides is 2. The van der Waals surface area contributed by atoms with E-state index in [4.69, 9.17) is 4.74 Å². The minimum absolute atomic E-state index is 0.240. The summed E-state index contributed by atoms with van der Waals surface area (Å²) < 4.78 is 7.03. The molecule has 0 aliphatic carbocycles. The second-order valence-electron chi connectivity index (χ2n) is 7.04. The summed E-state index contributed by atoms with van der Waals surface area (Å²) in [5, 5.41) is 7.92. The lowest BCUT2D eigenvalue weighted by atomic mass is 10.1. The van der Waals surface area contributed by atoms with E-state index in [1.807, 2.05) is 20.8 Å². The number of carbonyl (C=O) groups is 2. The molecule has 0 saturated heterocycles. The molecule has 3 heterocycles. The Morgan fingerprint density at radius 3 is 2.72 bits per heavy atom. The Kier molecular flexibility index (Phi) is 4.77. The molecule has 8 nitrogen and oxygen atoms in total. The standard InChI is InChI=1S/C16H23N5O3S/c1-16(2,3)24-15(23)21-7-5-11-10(9-21)12(20(4)19-11)13(22)18-14-17-6-8-25-14/h5-9H2,1-4H3,(H,17,18,22). The fourth-order valence-corrected chi connectivity index (χ4v) is 3.56. The van der Waals surface area contributed by atoms with Crippen LogP contribution in [0.2, 0.25) is 0 Å². The van der Waals surface area contributed by atoms with Gasteiger partial charge in [0.15, 0.2) is 5.17 Å². The molecular formula is C16H23N5O3S. The van der Waals surface area contributed by atoms with E-state index >= 15 is 0 Å². The molecule has 0 saturated carbocycles. The molecule has 3 rings (SSSR count). The van der Waals surface area contributed by atoms with Gasteiger partial charge in [0.2, 0.25) is 0 Å². The van der Waals surface area contributed by atoms with Crippen molar-refractivity contribution >= 4 is 28.9 Å². The summed E-state index contributed by atoms with van der Waals surface area (Å²) in [7, 11) is 1.74. The van der Waals surface area contributed by atoms with Crippen molar-refractivity contribution in [2.75, 3.05) is 18.8 Å². The van der Waals surface area contributed by atoms with E-state index in [1.165, 1.54) is 11.8 Å². The van der Waals surface area contributed by atoms with Crippen LogP contribution >= 0.6 is 11.8 Å². The Morgan fingerprint density at radius 2 is 2.08 bits per heavy atom. The first-order chi connectivity index (χ1) is 11.7. The number of aromatic nitrogens is 2. The molecule has 2 aliphatic heterocycles. The van der Waals surface area contributed by atoms with Crippen molar-refractivity contribution in [1.29, 1.82) is 0 Å². The van der Waals surface area contributed by atoms with Crippen LogP contribution in [0.1, 0.15) is 42.5 Å². The second-order valence-corrected chi connectivity index (χ2v) is 8.12. The Morgan fingerprint density at radius 1 is 1.32 bits per heavy atom. The Balaban J connectivity index is 1.79. The number of hydrogen-bond acceptors (Lipinski definition) is 6. The molecule has 2 aliphatic rings. The van der Waals surface area contributed by atoms with Gasteiger partial charge in [0.25, 0.3) is 5.91 Å². The summed E-state index contributed by atoms with van der Waals surface area (Å²) in [6.45, 7) is 7.08. The summed E-state index contributed by atoms with van der Waals surface area (Å²) in [6.07, 6.45) is 0.231. The van der Waals surface area contributed by atoms with Gasteiger partial charge < -0.3 is 9.64 Å². The summed E-state index contributed by atoms with van der Waals surface area (Å²) in [5.41, 5.74) is 1.55. The number of ether oxygens (including phenoxy) is 1. The number of hydrogen-bond donors (Lipinski definition) is 1. The average Bonchev–Trinajstić information content (AvgIpc) is 3.10. The van der Waals surface area contributed by atoms with Crippen molar-refractivity contribution in [1.82, 2.24) is 20.0 Å². The molecule has 0 fully saturated rings. The van der Waals surface area contributed by atoms with Crippen molar-refractivity contribution < 1.29 is 14.3 Å². The molecular weight excluding hydrogens is 342 g/mol. The molecule has 0 radical (unpaired) electrons. The fourth-order valence-electron chi connectivity index (χ4n) is 2.83. The third-order valence-corrected chi connectivity index (χ3v) is 4.76. The zero-order valence-electron chi connectivity index (χ0n) is 15.0. The molecule has 0 atom stereocenters. The van der Waals surface area contributed by atoms with Crippen LogP contribution in [-0.4, -0.2) is 56.3 Å².